The second-order valence-corrected chi connectivity index (χ2v) is 7.02. The number of hydrogen-bond acceptors (Lipinski definition) is 7. The second-order valence-electron chi connectivity index (χ2n) is 5.73. The highest BCUT2D eigenvalue weighted by Gasteiger charge is 2.19. The number of benzene rings is 1. The number of nitrogens with one attached hydrogen (secondary N) is 1. The van der Waals surface area contributed by atoms with Gasteiger partial charge in [-0.05, 0) is 24.6 Å². The van der Waals surface area contributed by atoms with Gasteiger partial charge < -0.3 is 19.2 Å². The maximum absolute atomic E-state index is 12.2. The number of hydrogen-bond donors (Lipinski definition) is 1. The average Bonchev–Trinajstić information content (AvgIpc) is 3.20. The van der Waals surface area contributed by atoms with Crippen LogP contribution in [0.3, 0.4) is 0 Å². The van der Waals surface area contributed by atoms with Crippen LogP contribution in [0.1, 0.15) is 38.1 Å². The first-order chi connectivity index (χ1) is 11.5. The summed E-state index contributed by atoms with van der Waals surface area (Å²) in [6.45, 7) is 6.41. The summed E-state index contributed by atoms with van der Waals surface area (Å²) in [5.74, 6) is 2.08. The molecule has 0 bridgehead atoms. The fraction of sp³-hybridized carbons (Fsp3) is 0.438. The Bertz CT molecular complexity index is 732. The fourth-order valence-electron chi connectivity index (χ4n) is 2.09. The van der Waals surface area contributed by atoms with Crippen molar-refractivity contribution in [1.82, 2.24) is 15.5 Å². The van der Waals surface area contributed by atoms with Crippen molar-refractivity contribution in [2.75, 3.05) is 6.79 Å². The molecule has 24 heavy (non-hydrogen) atoms. The number of nitrogens with zero attached hydrogens (tertiary/aromatic N) is 2. The number of aromatic nitrogens is 2. The number of thioether (sulfide) groups is 1. The van der Waals surface area contributed by atoms with E-state index in [4.69, 9.17) is 13.9 Å². The lowest BCUT2D eigenvalue weighted by molar-refractivity contribution is -0.120. The molecule has 0 radical (unpaired) electrons. The van der Waals surface area contributed by atoms with Gasteiger partial charge in [-0.1, -0.05) is 31.7 Å². The van der Waals surface area contributed by atoms with E-state index in [0.29, 0.717) is 23.4 Å². The molecule has 0 saturated heterocycles. The molecule has 0 unspecified atom stereocenters. The van der Waals surface area contributed by atoms with Crippen molar-refractivity contribution >= 4 is 17.7 Å². The van der Waals surface area contributed by atoms with Gasteiger partial charge in [-0.15, -0.1) is 10.2 Å². The van der Waals surface area contributed by atoms with Crippen LogP contribution in [0.5, 0.6) is 11.5 Å². The summed E-state index contributed by atoms with van der Waals surface area (Å²) >= 11 is 1.25. The van der Waals surface area contributed by atoms with E-state index >= 15 is 0 Å². The Labute approximate surface area is 144 Å². The Morgan fingerprint density at radius 2 is 2.04 bits per heavy atom. The van der Waals surface area contributed by atoms with Gasteiger partial charge in [0.1, 0.15) is 0 Å². The average molecular weight is 349 g/mol. The van der Waals surface area contributed by atoms with Gasteiger partial charge in [0.2, 0.25) is 18.6 Å². The first-order valence-electron chi connectivity index (χ1n) is 7.69. The van der Waals surface area contributed by atoms with Crippen molar-refractivity contribution in [3.8, 4) is 11.5 Å². The molecule has 1 N–H and O–H groups in total. The normalized spacial score (nSPS) is 14.0. The van der Waals surface area contributed by atoms with E-state index in [0.717, 1.165) is 11.3 Å². The molecule has 2 aromatic rings. The molecule has 128 valence electrons. The molecule has 1 amide bonds. The second kappa shape index (κ2) is 7.12. The quantitative estimate of drug-likeness (QED) is 0.802. The molecule has 2 heterocycles. The van der Waals surface area contributed by atoms with E-state index in [2.05, 4.69) is 15.5 Å². The van der Waals surface area contributed by atoms with Gasteiger partial charge in [0.25, 0.3) is 5.22 Å². The Morgan fingerprint density at radius 1 is 1.25 bits per heavy atom. The minimum absolute atomic E-state index is 0.0954. The van der Waals surface area contributed by atoms with Crippen LogP contribution in [-0.4, -0.2) is 28.1 Å². The van der Waals surface area contributed by atoms with Gasteiger partial charge in [-0.3, -0.25) is 4.79 Å². The van der Waals surface area contributed by atoms with Gasteiger partial charge in [-0.25, -0.2) is 0 Å². The van der Waals surface area contributed by atoms with E-state index in [-0.39, 0.29) is 23.9 Å². The maximum atomic E-state index is 12.2. The van der Waals surface area contributed by atoms with E-state index in [9.17, 15) is 4.79 Å². The summed E-state index contributed by atoms with van der Waals surface area (Å²) < 4.78 is 16.1. The van der Waals surface area contributed by atoms with E-state index in [1.54, 1.807) is 6.92 Å². The molecule has 1 aromatic heterocycles. The zero-order valence-corrected chi connectivity index (χ0v) is 14.6. The van der Waals surface area contributed by atoms with Crippen molar-refractivity contribution in [1.29, 1.82) is 0 Å². The van der Waals surface area contributed by atoms with Crippen LogP contribution in [0, 0.1) is 0 Å². The molecule has 0 fully saturated rings. The summed E-state index contributed by atoms with van der Waals surface area (Å²) in [7, 11) is 0. The van der Waals surface area contributed by atoms with E-state index in [1.807, 2.05) is 32.0 Å². The lowest BCUT2D eigenvalue weighted by atomic mass is 10.2. The molecular weight excluding hydrogens is 330 g/mol. The summed E-state index contributed by atoms with van der Waals surface area (Å²) in [6, 6.07) is 5.61. The van der Waals surface area contributed by atoms with E-state index in [1.165, 1.54) is 11.8 Å². The van der Waals surface area contributed by atoms with Crippen LogP contribution in [0.4, 0.5) is 0 Å². The number of rotatable bonds is 6. The highest BCUT2D eigenvalue weighted by Crippen LogP contribution is 2.32. The van der Waals surface area contributed by atoms with Crippen LogP contribution < -0.4 is 14.8 Å². The monoisotopic (exact) mass is 349 g/mol. The highest BCUT2D eigenvalue weighted by atomic mass is 32.2. The number of fused-ring (bicyclic) bond motifs is 1. The summed E-state index contributed by atoms with van der Waals surface area (Å²) in [6.07, 6.45) is 0. The predicted molar refractivity (Wildman–Crippen MR) is 88.1 cm³/mol. The standard InChI is InChI=1S/C16H19N3O4S/c1-9(2)15-18-19-16(23-15)24-10(3)14(20)17-7-11-4-5-12-13(6-11)22-8-21-12/h4-6,9-10H,7-8H2,1-3H3,(H,17,20)/t10-/m0/s1. The smallest absolute Gasteiger partial charge is 0.277 e. The minimum Gasteiger partial charge on any atom is -0.454 e. The molecule has 1 aliphatic rings. The van der Waals surface area contributed by atoms with Crippen LogP contribution >= 0.6 is 11.8 Å². The molecule has 1 aliphatic heterocycles. The molecule has 7 nitrogen and oxygen atoms in total. The number of ether oxygens (including phenoxy) is 2. The van der Waals surface area contributed by atoms with Gasteiger partial charge in [0.05, 0.1) is 5.25 Å². The van der Waals surface area contributed by atoms with Gasteiger partial charge in [0.15, 0.2) is 11.5 Å². The molecule has 1 aromatic carbocycles. The van der Waals surface area contributed by atoms with Crippen LogP contribution in [0.25, 0.3) is 0 Å². The van der Waals surface area contributed by atoms with Crippen molar-refractivity contribution in [3.63, 3.8) is 0 Å². The first kappa shape index (κ1) is 16.6. The van der Waals surface area contributed by atoms with Crippen LogP contribution in [0.2, 0.25) is 0 Å². The predicted octanol–water partition coefficient (Wildman–Crippen LogP) is 2.72. The van der Waals surface area contributed by atoms with Gasteiger partial charge in [0, 0.05) is 12.5 Å². The van der Waals surface area contributed by atoms with E-state index < -0.39 is 0 Å². The van der Waals surface area contributed by atoms with Crippen molar-refractivity contribution in [2.24, 2.45) is 0 Å². The van der Waals surface area contributed by atoms with Crippen molar-refractivity contribution < 1.29 is 18.7 Å². The zero-order chi connectivity index (χ0) is 17.1. The fourth-order valence-corrected chi connectivity index (χ4v) is 2.80. The van der Waals surface area contributed by atoms with Gasteiger partial charge in [-0.2, -0.15) is 0 Å². The lowest BCUT2D eigenvalue weighted by Crippen LogP contribution is -2.30. The summed E-state index contributed by atoms with van der Waals surface area (Å²) in [5, 5.41) is 10.9. The Balaban J connectivity index is 1.52. The third-order valence-corrected chi connectivity index (χ3v) is 4.40. The third-order valence-electron chi connectivity index (χ3n) is 3.47. The molecule has 0 saturated carbocycles. The third kappa shape index (κ3) is 3.81. The largest absolute Gasteiger partial charge is 0.454 e. The van der Waals surface area contributed by atoms with Crippen molar-refractivity contribution in [3.05, 3.63) is 29.7 Å². The first-order valence-corrected chi connectivity index (χ1v) is 8.57. The zero-order valence-electron chi connectivity index (χ0n) is 13.7. The van der Waals surface area contributed by atoms with Crippen molar-refractivity contribution in [2.45, 2.75) is 43.7 Å². The minimum atomic E-state index is -0.334. The Hall–Kier alpha value is -2.22. The number of carbonyl (C=O) groups excluding carboxylic acids is 1. The molecule has 1 atom stereocenters. The summed E-state index contributed by atoms with van der Waals surface area (Å²) in [5.41, 5.74) is 0.949. The summed E-state index contributed by atoms with van der Waals surface area (Å²) in [4.78, 5) is 12.2. The van der Waals surface area contributed by atoms with Gasteiger partial charge >= 0.3 is 0 Å². The van der Waals surface area contributed by atoms with Crippen LogP contribution in [0.15, 0.2) is 27.8 Å². The highest BCUT2D eigenvalue weighted by molar-refractivity contribution is 8.00. The number of amides is 1. The molecular formula is C16H19N3O4S. The number of carbonyl (C=O) groups is 1. The maximum Gasteiger partial charge on any atom is 0.277 e. The molecule has 3 rings (SSSR count). The molecule has 8 heteroatoms. The topological polar surface area (TPSA) is 86.5 Å². The Kier molecular flexibility index (Phi) is 4.94. The Morgan fingerprint density at radius 3 is 2.79 bits per heavy atom. The SMILES string of the molecule is CC(C)c1nnc(S[C@@H](C)C(=O)NCc2ccc3c(c2)OCO3)o1. The molecule has 0 spiro atoms. The van der Waals surface area contributed by atoms with Crippen LogP contribution in [-0.2, 0) is 11.3 Å². The lowest BCUT2D eigenvalue weighted by Gasteiger charge is -2.10. The molecule has 0 aliphatic carbocycles.